The number of aliphatic carboxylic acids is 1. The molecule has 114 valence electrons. The number of esters is 1. The second-order valence-corrected chi connectivity index (χ2v) is 5.11. The normalized spacial score (nSPS) is 19.8. The van der Waals surface area contributed by atoms with Gasteiger partial charge in [0.2, 0.25) is 0 Å². The zero-order valence-electron chi connectivity index (χ0n) is 12.1. The van der Waals surface area contributed by atoms with Crippen molar-refractivity contribution in [2.45, 2.75) is 45.7 Å². The lowest BCUT2D eigenvalue weighted by Crippen LogP contribution is -2.53. The summed E-state index contributed by atoms with van der Waals surface area (Å²) in [6.07, 6.45) is 1.25. The van der Waals surface area contributed by atoms with Crippen LogP contribution in [0.4, 0.5) is 4.79 Å². The number of likely N-dealkylation sites (tertiary alicyclic amines) is 1. The molecule has 2 amide bonds. The van der Waals surface area contributed by atoms with E-state index in [4.69, 9.17) is 9.84 Å². The number of carboxylic acid groups (broad SMARTS) is 1. The Bertz CT molecular complexity index is 383. The highest BCUT2D eigenvalue weighted by atomic mass is 16.5. The number of carbonyl (C=O) groups excluding carboxylic acids is 2. The Hall–Kier alpha value is -1.79. The smallest absolute Gasteiger partial charge is 0.328 e. The van der Waals surface area contributed by atoms with E-state index in [1.165, 1.54) is 4.90 Å². The van der Waals surface area contributed by atoms with Gasteiger partial charge in [-0.25, -0.2) is 14.4 Å². The summed E-state index contributed by atoms with van der Waals surface area (Å²) in [6, 6.07) is -2.11. The Morgan fingerprint density at radius 1 is 1.40 bits per heavy atom. The minimum absolute atomic E-state index is 0.236. The Morgan fingerprint density at radius 3 is 2.55 bits per heavy atom. The first kappa shape index (κ1) is 16.3. The second-order valence-electron chi connectivity index (χ2n) is 5.11. The summed E-state index contributed by atoms with van der Waals surface area (Å²) in [5, 5.41) is 11.5. The van der Waals surface area contributed by atoms with Crippen LogP contribution in [0.3, 0.4) is 0 Å². The summed E-state index contributed by atoms with van der Waals surface area (Å²) in [5.74, 6) is -1.75. The fraction of sp³-hybridized carbons (Fsp3) is 0.769. The van der Waals surface area contributed by atoms with Crippen LogP contribution in [0, 0.1) is 5.92 Å². The van der Waals surface area contributed by atoms with Gasteiger partial charge in [0.1, 0.15) is 12.1 Å². The highest BCUT2D eigenvalue weighted by Crippen LogP contribution is 2.19. The molecule has 0 spiro atoms. The molecule has 7 heteroatoms. The van der Waals surface area contributed by atoms with Crippen LogP contribution in [-0.4, -0.2) is 53.2 Å². The van der Waals surface area contributed by atoms with E-state index in [2.05, 4.69) is 5.32 Å². The molecule has 0 bridgehead atoms. The molecule has 0 aromatic heterocycles. The van der Waals surface area contributed by atoms with Gasteiger partial charge in [0, 0.05) is 6.54 Å². The standard InChI is InChI=1S/C13H22N2O5/c1-4-20-12(18)9-6-5-7-15(9)13(19)14-10(8(2)3)11(16)17/h8-10H,4-7H2,1-3H3,(H,14,19)(H,16,17)/t9?,10-/m0/s1. The molecule has 20 heavy (non-hydrogen) atoms. The molecule has 0 aliphatic carbocycles. The zero-order valence-corrected chi connectivity index (χ0v) is 12.1. The topological polar surface area (TPSA) is 95.9 Å². The molecule has 1 fully saturated rings. The molecule has 1 unspecified atom stereocenters. The lowest BCUT2D eigenvalue weighted by Gasteiger charge is -2.26. The average molecular weight is 286 g/mol. The van der Waals surface area contributed by atoms with Crippen molar-refractivity contribution in [3.63, 3.8) is 0 Å². The highest BCUT2D eigenvalue weighted by Gasteiger charge is 2.36. The number of urea groups is 1. The Morgan fingerprint density at radius 2 is 2.05 bits per heavy atom. The predicted molar refractivity (Wildman–Crippen MR) is 71.2 cm³/mol. The van der Waals surface area contributed by atoms with Crippen LogP contribution in [0.25, 0.3) is 0 Å². The lowest BCUT2D eigenvalue weighted by atomic mass is 10.1. The van der Waals surface area contributed by atoms with Crippen molar-refractivity contribution in [2.75, 3.05) is 13.2 Å². The summed E-state index contributed by atoms with van der Waals surface area (Å²) >= 11 is 0. The molecule has 1 rings (SSSR count). The van der Waals surface area contributed by atoms with Gasteiger partial charge >= 0.3 is 18.0 Å². The number of nitrogens with zero attached hydrogens (tertiary/aromatic N) is 1. The van der Waals surface area contributed by atoms with Crippen LogP contribution < -0.4 is 5.32 Å². The summed E-state index contributed by atoms with van der Waals surface area (Å²) < 4.78 is 4.93. The van der Waals surface area contributed by atoms with Crippen LogP contribution in [0.5, 0.6) is 0 Å². The number of hydrogen-bond donors (Lipinski definition) is 2. The van der Waals surface area contributed by atoms with E-state index in [0.717, 1.165) is 0 Å². The summed E-state index contributed by atoms with van der Waals surface area (Å²) in [4.78, 5) is 36.3. The number of hydrogen-bond acceptors (Lipinski definition) is 4. The van der Waals surface area contributed by atoms with Crippen LogP contribution >= 0.6 is 0 Å². The molecule has 0 saturated carbocycles. The van der Waals surface area contributed by atoms with Crippen LogP contribution in [0.15, 0.2) is 0 Å². The van der Waals surface area contributed by atoms with Gasteiger partial charge in [-0.1, -0.05) is 13.8 Å². The lowest BCUT2D eigenvalue weighted by molar-refractivity contribution is -0.147. The van der Waals surface area contributed by atoms with Crippen molar-refractivity contribution < 1.29 is 24.2 Å². The third-order valence-electron chi connectivity index (χ3n) is 3.28. The third-order valence-corrected chi connectivity index (χ3v) is 3.28. The fourth-order valence-electron chi connectivity index (χ4n) is 2.22. The number of nitrogens with one attached hydrogen (secondary N) is 1. The van der Waals surface area contributed by atoms with Gasteiger partial charge in [0.15, 0.2) is 0 Å². The number of carboxylic acids is 1. The molecule has 0 radical (unpaired) electrons. The molecular weight excluding hydrogens is 264 g/mol. The van der Waals surface area contributed by atoms with Gasteiger partial charge in [-0.3, -0.25) is 0 Å². The summed E-state index contributed by atoms with van der Waals surface area (Å²) in [5.41, 5.74) is 0. The summed E-state index contributed by atoms with van der Waals surface area (Å²) in [6.45, 7) is 5.82. The van der Waals surface area contributed by atoms with Gasteiger partial charge in [0.25, 0.3) is 0 Å². The zero-order chi connectivity index (χ0) is 15.3. The monoisotopic (exact) mass is 286 g/mol. The van der Waals surface area contributed by atoms with Crippen LogP contribution in [0.2, 0.25) is 0 Å². The van der Waals surface area contributed by atoms with Gasteiger partial charge in [-0.2, -0.15) is 0 Å². The van der Waals surface area contributed by atoms with E-state index < -0.39 is 30.1 Å². The predicted octanol–water partition coefficient (Wildman–Crippen LogP) is 0.833. The average Bonchev–Trinajstić information content (AvgIpc) is 2.84. The van der Waals surface area contributed by atoms with Gasteiger partial charge in [0.05, 0.1) is 6.61 Å². The van der Waals surface area contributed by atoms with E-state index in [-0.39, 0.29) is 12.5 Å². The van der Waals surface area contributed by atoms with Crippen LogP contribution in [0.1, 0.15) is 33.6 Å². The van der Waals surface area contributed by atoms with E-state index >= 15 is 0 Å². The van der Waals surface area contributed by atoms with Crippen molar-refractivity contribution in [3.8, 4) is 0 Å². The number of ether oxygens (including phenoxy) is 1. The van der Waals surface area contributed by atoms with E-state index in [1.54, 1.807) is 20.8 Å². The van der Waals surface area contributed by atoms with Crippen molar-refractivity contribution in [1.82, 2.24) is 10.2 Å². The molecule has 2 atom stereocenters. The fourth-order valence-corrected chi connectivity index (χ4v) is 2.22. The first-order valence-electron chi connectivity index (χ1n) is 6.85. The number of carbonyl (C=O) groups is 3. The van der Waals surface area contributed by atoms with Gasteiger partial charge in [-0.05, 0) is 25.7 Å². The van der Waals surface area contributed by atoms with Crippen molar-refractivity contribution in [2.24, 2.45) is 5.92 Å². The van der Waals surface area contributed by atoms with E-state index in [9.17, 15) is 14.4 Å². The maximum atomic E-state index is 12.1. The highest BCUT2D eigenvalue weighted by molar-refractivity contribution is 5.87. The number of amides is 2. The third kappa shape index (κ3) is 3.85. The largest absolute Gasteiger partial charge is 0.480 e. The summed E-state index contributed by atoms with van der Waals surface area (Å²) in [7, 11) is 0. The molecular formula is C13H22N2O5. The van der Waals surface area contributed by atoms with Gasteiger partial charge < -0.3 is 20.1 Å². The molecule has 1 heterocycles. The SMILES string of the molecule is CCOC(=O)C1CCCN1C(=O)N[C@H](C(=O)O)C(C)C. The molecule has 1 aliphatic heterocycles. The maximum absolute atomic E-state index is 12.1. The van der Waals surface area contributed by atoms with Crippen molar-refractivity contribution in [3.05, 3.63) is 0 Å². The molecule has 0 aromatic carbocycles. The van der Waals surface area contributed by atoms with Gasteiger partial charge in [-0.15, -0.1) is 0 Å². The molecule has 7 nitrogen and oxygen atoms in total. The Balaban J connectivity index is 2.70. The second kappa shape index (κ2) is 7.12. The molecule has 1 saturated heterocycles. The quantitative estimate of drug-likeness (QED) is 0.730. The van der Waals surface area contributed by atoms with Crippen molar-refractivity contribution in [1.29, 1.82) is 0 Å². The first-order valence-corrected chi connectivity index (χ1v) is 6.85. The van der Waals surface area contributed by atoms with E-state index in [1.807, 2.05) is 0 Å². The molecule has 2 N–H and O–H groups in total. The number of rotatable bonds is 5. The first-order chi connectivity index (χ1) is 9.38. The minimum atomic E-state index is -1.08. The van der Waals surface area contributed by atoms with Crippen molar-refractivity contribution >= 4 is 18.0 Å². The molecule has 0 aromatic rings. The van der Waals surface area contributed by atoms with E-state index in [0.29, 0.717) is 19.4 Å². The Labute approximate surface area is 118 Å². The minimum Gasteiger partial charge on any atom is -0.480 e. The van der Waals surface area contributed by atoms with Crippen LogP contribution in [-0.2, 0) is 14.3 Å². The Kier molecular flexibility index (Phi) is 5.79. The maximum Gasteiger partial charge on any atom is 0.328 e. The molecule has 1 aliphatic rings.